The molecule has 3 rings (SSSR count). The highest BCUT2D eigenvalue weighted by molar-refractivity contribution is 6.06. The van der Waals surface area contributed by atoms with Crippen LogP contribution in [-0.4, -0.2) is 24.9 Å². The van der Waals surface area contributed by atoms with Crippen LogP contribution in [-0.2, 0) is 4.79 Å². The molecule has 3 aromatic rings. The summed E-state index contributed by atoms with van der Waals surface area (Å²) in [7, 11) is 0. The Morgan fingerprint density at radius 1 is 0.900 bits per heavy atom. The summed E-state index contributed by atoms with van der Waals surface area (Å²) in [4.78, 5) is 26.8. The molecule has 5 nitrogen and oxygen atoms in total. The molecule has 0 atom stereocenters. The fourth-order valence-electron chi connectivity index (χ4n) is 3.27. The molecule has 5 heteroatoms. The quantitative estimate of drug-likeness (QED) is 0.584. The second kappa shape index (κ2) is 9.74. The number of amides is 2. The zero-order chi connectivity index (χ0) is 21.5. The van der Waals surface area contributed by atoms with Gasteiger partial charge in [0, 0.05) is 29.2 Å². The van der Waals surface area contributed by atoms with E-state index in [-0.39, 0.29) is 18.4 Å². The molecule has 30 heavy (non-hydrogen) atoms. The Hall–Kier alpha value is -3.60. The first-order valence-corrected chi connectivity index (χ1v) is 10.1. The minimum absolute atomic E-state index is 0.0529. The number of rotatable bonds is 7. The SMILES string of the molecule is CCN(C(=O)c1ccc(NCC(=O)Nc2ccc(C)cc2C)cc1)c1ccccc1. The first-order chi connectivity index (χ1) is 14.5. The molecule has 0 aliphatic rings. The first-order valence-electron chi connectivity index (χ1n) is 10.1. The average molecular weight is 402 g/mol. The minimum atomic E-state index is -0.122. The summed E-state index contributed by atoms with van der Waals surface area (Å²) in [5.74, 6) is -0.175. The highest BCUT2D eigenvalue weighted by Gasteiger charge is 2.15. The maximum atomic E-state index is 12.9. The number of para-hydroxylation sites is 1. The van der Waals surface area contributed by atoms with Crippen molar-refractivity contribution in [2.45, 2.75) is 20.8 Å². The number of aryl methyl sites for hydroxylation is 2. The van der Waals surface area contributed by atoms with Gasteiger partial charge in [0.25, 0.3) is 5.91 Å². The molecular formula is C25H27N3O2. The molecule has 0 radical (unpaired) electrons. The lowest BCUT2D eigenvalue weighted by Gasteiger charge is -2.21. The van der Waals surface area contributed by atoms with E-state index in [2.05, 4.69) is 10.6 Å². The van der Waals surface area contributed by atoms with Crippen LogP contribution in [0.5, 0.6) is 0 Å². The third-order valence-electron chi connectivity index (χ3n) is 4.87. The van der Waals surface area contributed by atoms with Gasteiger partial charge in [0.2, 0.25) is 5.91 Å². The summed E-state index contributed by atoms with van der Waals surface area (Å²) in [5, 5.41) is 6.02. The zero-order valence-electron chi connectivity index (χ0n) is 17.6. The molecule has 0 heterocycles. The minimum Gasteiger partial charge on any atom is -0.376 e. The standard InChI is InChI=1S/C25H27N3O2/c1-4-28(22-8-6-5-7-9-22)25(30)20-11-13-21(14-12-20)26-17-24(29)27-23-15-10-18(2)16-19(23)3/h5-16,26H,4,17H2,1-3H3,(H,27,29). The van der Waals surface area contributed by atoms with Gasteiger partial charge in [0.15, 0.2) is 0 Å². The molecule has 0 fully saturated rings. The van der Waals surface area contributed by atoms with Crippen LogP contribution >= 0.6 is 0 Å². The third-order valence-corrected chi connectivity index (χ3v) is 4.87. The van der Waals surface area contributed by atoms with Crippen LogP contribution in [0.2, 0.25) is 0 Å². The number of hydrogen-bond acceptors (Lipinski definition) is 3. The summed E-state index contributed by atoms with van der Waals surface area (Å²) in [6, 6.07) is 22.7. The van der Waals surface area contributed by atoms with Crippen LogP contribution in [0, 0.1) is 13.8 Å². The number of anilines is 3. The van der Waals surface area contributed by atoms with Crippen molar-refractivity contribution in [2.24, 2.45) is 0 Å². The number of carbonyl (C=O) groups is 2. The molecule has 3 aromatic carbocycles. The number of hydrogen-bond donors (Lipinski definition) is 2. The average Bonchev–Trinajstić information content (AvgIpc) is 2.76. The highest BCUT2D eigenvalue weighted by atomic mass is 16.2. The van der Waals surface area contributed by atoms with Gasteiger partial charge < -0.3 is 15.5 Å². The summed E-state index contributed by atoms with van der Waals surface area (Å²) in [5.41, 5.74) is 5.26. The number of benzene rings is 3. The van der Waals surface area contributed by atoms with E-state index in [0.717, 1.165) is 28.2 Å². The predicted octanol–water partition coefficient (Wildman–Crippen LogP) is 5.02. The van der Waals surface area contributed by atoms with Crippen molar-refractivity contribution < 1.29 is 9.59 Å². The largest absolute Gasteiger partial charge is 0.376 e. The van der Waals surface area contributed by atoms with Crippen molar-refractivity contribution in [3.63, 3.8) is 0 Å². The van der Waals surface area contributed by atoms with Crippen molar-refractivity contribution in [1.82, 2.24) is 0 Å². The Labute approximate surface area is 177 Å². The van der Waals surface area contributed by atoms with Gasteiger partial charge in [-0.3, -0.25) is 9.59 Å². The van der Waals surface area contributed by atoms with Gasteiger partial charge in [-0.25, -0.2) is 0 Å². The van der Waals surface area contributed by atoms with Crippen molar-refractivity contribution in [2.75, 3.05) is 28.6 Å². The zero-order valence-corrected chi connectivity index (χ0v) is 17.6. The number of nitrogens with one attached hydrogen (secondary N) is 2. The molecule has 0 unspecified atom stereocenters. The van der Waals surface area contributed by atoms with Gasteiger partial charge in [0.05, 0.1) is 6.54 Å². The smallest absolute Gasteiger partial charge is 0.258 e. The van der Waals surface area contributed by atoms with Gasteiger partial charge in [-0.05, 0) is 68.8 Å². The molecule has 0 aliphatic heterocycles. The molecule has 2 N–H and O–H groups in total. The molecule has 0 spiro atoms. The fraction of sp³-hybridized carbons (Fsp3) is 0.200. The predicted molar refractivity (Wildman–Crippen MR) is 123 cm³/mol. The normalized spacial score (nSPS) is 10.4. The summed E-state index contributed by atoms with van der Waals surface area (Å²) in [6.45, 7) is 6.68. The first kappa shape index (κ1) is 21.1. The van der Waals surface area contributed by atoms with Crippen LogP contribution in [0.15, 0.2) is 72.8 Å². The molecular weight excluding hydrogens is 374 g/mol. The molecule has 2 amide bonds. The number of nitrogens with zero attached hydrogens (tertiary/aromatic N) is 1. The van der Waals surface area contributed by atoms with Crippen LogP contribution in [0.25, 0.3) is 0 Å². The molecule has 0 aliphatic carbocycles. The van der Waals surface area contributed by atoms with E-state index in [0.29, 0.717) is 12.1 Å². The Kier molecular flexibility index (Phi) is 6.86. The van der Waals surface area contributed by atoms with Gasteiger partial charge in [-0.1, -0.05) is 35.9 Å². The van der Waals surface area contributed by atoms with Gasteiger partial charge in [0.1, 0.15) is 0 Å². The van der Waals surface area contributed by atoms with Crippen LogP contribution in [0.4, 0.5) is 17.1 Å². The molecule has 0 bridgehead atoms. The Morgan fingerprint density at radius 2 is 1.60 bits per heavy atom. The van der Waals surface area contributed by atoms with Crippen LogP contribution in [0.3, 0.4) is 0 Å². The topological polar surface area (TPSA) is 61.4 Å². The van der Waals surface area contributed by atoms with Gasteiger partial charge in [-0.15, -0.1) is 0 Å². The van der Waals surface area contributed by atoms with E-state index in [1.807, 2.05) is 81.4 Å². The van der Waals surface area contributed by atoms with Crippen LogP contribution in [0.1, 0.15) is 28.4 Å². The van der Waals surface area contributed by atoms with Crippen molar-refractivity contribution in [3.8, 4) is 0 Å². The Balaban J connectivity index is 1.59. The molecule has 0 saturated heterocycles. The summed E-state index contributed by atoms with van der Waals surface area (Å²) < 4.78 is 0. The van der Waals surface area contributed by atoms with Gasteiger partial charge >= 0.3 is 0 Å². The van der Waals surface area contributed by atoms with E-state index in [4.69, 9.17) is 0 Å². The van der Waals surface area contributed by atoms with E-state index < -0.39 is 0 Å². The van der Waals surface area contributed by atoms with Crippen molar-refractivity contribution >= 4 is 28.9 Å². The van der Waals surface area contributed by atoms with Crippen molar-refractivity contribution in [1.29, 1.82) is 0 Å². The van der Waals surface area contributed by atoms with Crippen molar-refractivity contribution in [3.05, 3.63) is 89.5 Å². The highest BCUT2D eigenvalue weighted by Crippen LogP contribution is 2.19. The van der Waals surface area contributed by atoms with E-state index >= 15 is 0 Å². The summed E-state index contributed by atoms with van der Waals surface area (Å²) >= 11 is 0. The fourth-order valence-corrected chi connectivity index (χ4v) is 3.27. The Morgan fingerprint density at radius 3 is 2.23 bits per heavy atom. The maximum Gasteiger partial charge on any atom is 0.258 e. The monoisotopic (exact) mass is 401 g/mol. The van der Waals surface area contributed by atoms with E-state index in [9.17, 15) is 9.59 Å². The lowest BCUT2D eigenvalue weighted by Crippen LogP contribution is -2.30. The second-order valence-electron chi connectivity index (χ2n) is 7.18. The maximum absolute atomic E-state index is 12.9. The van der Waals surface area contributed by atoms with Gasteiger partial charge in [-0.2, -0.15) is 0 Å². The molecule has 154 valence electrons. The van der Waals surface area contributed by atoms with E-state index in [1.165, 1.54) is 0 Å². The van der Waals surface area contributed by atoms with E-state index in [1.54, 1.807) is 17.0 Å². The second-order valence-corrected chi connectivity index (χ2v) is 7.18. The molecule has 0 saturated carbocycles. The van der Waals surface area contributed by atoms with Crippen LogP contribution < -0.4 is 15.5 Å². The lowest BCUT2D eigenvalue weighted by molar-refractivity contribution is -0.114. The lowest BCUT2D eigenvalue weighted by atomic mass is 10.1. The molecule has 0 aromatic heterocycles. The third kappa shape index (κ3) is 5.26. The Bertz CT molecular complexity index is 1010. The number of carbonyl (C=O) groups excluding carboxylic acids is 2. The summed E-state index contributed by atoms with van der Waals surface area (Å²) in [6.07, 6.45) is 0.